The fraction of sp³-hybridized carbons (Fsp3) is 0.130. The molecule has 0 saturated heterocycles. The molecule has 0 fully saturated rings. The third-order valence-electron chi connectivity index (χ3n) is 5.03. The van der Waals surface area contributed by atoms with Gasteiger partial charge in [0.25, 0.3) is 0 Å². The van der Waals surface area contributed by atoms with Crippen molar-refractivity contribution in [3.63, 3.8) is 0 Å². The maximum atomic E-state index is 6.20. The van der Waals surface area contributed by atoms with Crippen LogP contribution in [0.2, 0.25) is 5.02 Å². The number of fused-ring (bicyclic) bond motifs is 3. The average Bonchev–Trinajstić information content (AvgIpc) is 2.83. The first-order chi connectivity index (χ1) is 11.5. The van der Waals surface area contributed by atoms with E-state index in [1.165, 1.54) is 22.3 Å². The van der Waals surface area contributed by atoms with Gasteiger partial charge in [0.1, 0.15) is 0 Å². The third kappa shape index (κ3) is 2.09. The van der Waals surface area contributed by atoms with Gasteiger partial charge in [0.15, 0.2) is 0 Å². The molecule has 0 heterocycles. The third-order valence-corrected chi connectivity index (χ3v) is 5.27. The van der Waals surface area contributed by atoms with Crippen molar-refractivity contribution in [1.82, 2.24) is 0 Å². The largest absolute Gasteiger partial charge is 0.115 e. The molecule has 1 heteroatoms. The fourth-order valence-electron chi connectivity index (χ4n) is 3.77. The topological polar surface area (TPSA) is 0 Å². The summed E-state index contributed by atoms with van der Waals surface area (Å²) in [6.45, 7) is 4.56. The summed E-state index contributed by atoms with van der Waals surface area (Å²) in [4.78, 5) is 0. The molecule has 0 N–H and O–H groups in total. The lowest BCUT2D eigenvalue weighted by Gasteiger charge is -2.21. The molecular formula is C23H17Cl. The summed E-state index contributed by atoms with van der Waals surface area (Å²) in [6, 6.07) is 21.0. The van der Waals surface area contributed by atoms with Gasteiger partial charge < -0.3 is 0 Å². The van der Waals surface area contributed by atoms with Crippen LogP contribution in [0.1, 0.15) is 30.5 Å². The molecule has 4 rings (SSSR count). The van der Waals surface area contributed by atoms with Gasteiger partial charge in [-0.05, 0) is 57.6 Å². The molecule has 3 aromatic carbocycles. The van der Waals surface area contributed by atoms with E-state index in [1.807, 2.05) is 18.2 Å². The van der Waals surface area contributed by atoms with Crippen LogP contribution >= 0.6 is 11.6 Å². The minimum atomic E-state index is 0.0216. The quantitative estimate of drug-likeness (QED) is 0.460. The Bertz CT molecular complexity index is 1000. The van der Waals surface area contributed by atoms with Crippen molar-refractivity contribution in [1.29, 1.82) is 0 Å². The van der Waals surface area contributed by atoms with Crippen LogP contribution in [0, 0.1) is 12.3 Å². The second-order valence-electron chi connectivity index (χ2n) is 6.77. The fourth-order valence-corrected chi connectivity index (χ4v) is 3.94. The van der Waals surface area contributed by atoms with E-state index < -0.39 is 0 Å². The van der Waals surface area contributed by atoms with Crippen LogP contribution in [0.25, 0.3) is 22.3 Å². The highest BCUT2D eigenvalue weighted by molar-refractivity contribution is 6.31. The van der Waals surface area contributed by atoms with Crippen molar-refractivity contribution in [2.45, 2.75) is 19.3 Å². The summed E-state index contributed by atoms with van der Waals surface area (Å²) in [7, 11) is 0. The van der Waals surface area contributed by atoms with Crippen molar-refractivity contribution in [2.75, 3.05) is 0 Å². The second kappa shape index (κ2) is 5.26. The SMILES string of the molecule is C#Cc1ccc(Cl)cc1-c1ccc2c(c1)-c1ccccc1C2(C)C. The van der Waals surface area contributed by atoms with Crippen LogP contribution in [0.15, 0.2) is 60.7 Å². The monoisotopic (exact) mass is 328 g/mol. The molecular weight excluding hydrogens is 312 g/mol. The molecule has 0 radical (unpaired) electrons. The first-order valence-electron chi connectivity index (χ1n) is 8.03. The predicted octanol–water partition coefficient (Wildman–Crippen LogP) is 6.29. The Hall–Kier alpha value is -2.49. The number of hydrogen-bond donors (Lipinski definition) is 0. The van der Waals surface area contributed by atoms with Gasteiger partial charge in [0.05, 0.1) is 0 Å². The highest BCUT2D eigenvalue weighted by atomic mass is 35.5. The molecule has 0 aliphatic heterocycles. The summed E-state index contributed by atoms with van der Waals surface area (Å²) >= 11 is 6.20. The van der Waals surface area contributed by atoms with Crippen molar-refractivity contribution in [3.05, 3.63) is 82.4 Å². The lowest BCUT2D eigenvalue weighted by molar-refractivity contribution is 0.660. The molecule has 0 atom stereocenters. The standard InChI is InChI=1S/C23H17Cl/c1-4-15-9-11-17(24)14-19(15)16-10-12-22-20(13-16)18-7-5-6-8-21(18)23(22,2)3/h1,5-14H,2-3H3. The molecule has 3 aromatic rings. The summed E-state index contributed by atoms with van der Waals surface area (Å²) in [5, 5.41) is 0.699. The maximum absolute atomic E-state index is 6.20. The maximum Gasteiger partial charge on any atom is 0.0413 e. The number of rotatable bonds is 1. The van der Waals surface area contributed by atoms with Crippen LogP contribution in [0.4, 0.5) is 0 Å². The van der Waals surface area contributed by atoms with Crippen molar-refractivity contribution >= 4 is 11.6 Å². The zero-order valence-electron chi connectivity index (χ0n) is 13.7. The van der Waals surface area contributed by atoms with Crippen molar-refractivity contribution in [3.8, 4) is 34.6 Å². The summed E-state index contributed by atoms with van der Waals surface area (Å²) in [5.74, 6) is 2.77. The molecule has 0 amide bonds. The minimum Gasteiger partial charge on any atom is -0.115 e. The number of halogens is 1. The van der Waals surface area contributed by atoms with E-state index in [0.717, 1.165) is 16.7 Å². The van der Waals surface area contributed by atoms with E-state index in [0.29, 0.717) is 5.02 Å². The molecule has 0 aromatic heterocycles. The molecule has 1 aliphatic carbocycles. The summed E-state index contributed by atoms with van der Waals surface area (Å²) in [5.41, 5.74) is 8.33. The Morgan fingerprint density at radius 1 is 0.833 bits per heavy atom. The lowest BCUT2D eigenvalue weighted by atomic mass is 9.82. The van der Waals surface area contributed by atoms with Crippen LogP contribution in [-0.2, 0) is 5.41 Å². The predicted molar refractivity (Wildman–Crippen MR) is 102 cm³/mol. The number of terminal acetylenes is 1. The van der Waals surface area contributed by atoms with E-state index in [2.05, 4.69) is 62.2 Å². The van der Waals surface area contributed by atoms with Gasteiger partial charge in [-0.25, -0.2) is 0 Å². The van der Waals surface area contributed by atoms with Crippen molar-refractivity contribution in [2.24, 2.45) is 0 Å². The van der Waals surface area contributed by atoms with Crippen molar-refractivity contribution < 1.29 is 0 Å². The van der Waals surface area contributed by atoms with Crippen LogP contribution in [-0.4, -0.2) is 0 Å². The zero-order valence-corrected chi connectivity index (χ0v) is 14.5. The molecule has 0 nitrogen and oxygen atoms in total. The van der Waals surface area contributed by atoms with Gasteiger partial charge in [-0.1, -0.05) is 67.8 Å². The molecule has 116 valence electrons. The molecule has 0 unspecified atom stereocenters. The zero-order chi connectivity index (χ0) is 16.9. The summed E-state index contributed by atoms with van der Waals surface area (Å²) in [6.07, 6.45) is 5.68. The van der Waals surface area contributed by atoms with Crippen LogP contribution in [0.3, 0.4) is 0 Å². The molecule has 0 bridgehead atoms. The Morgan fingerprint density at radius 3 is 2.38 bits per heavy atom. The van der Waals surface area contributed by atoms with E-state index in [1.54, 1.807) is 0 Å². The van der Waals surface area contributed by atoms with E-state index >= 15 is 0 Å². The highest BCUT2D eigenvalue weighted by Gasteiger charge is 2.35. The Morgan fingerprint density at radius 2 is 1.58 bits per heavy atom. The van der Waals surface area contributed by atoms with E-state index in [9.17, 15) is 0 Å². The van der Waals surface area contributed by atoms with Crippen LogP contribution in [0.5, 0.6) is 0 Å². The lowest BCUT2D eigenvalue weighted by Crippen LogP contribution is -2.14. The van der Waals surface area contributed by atoms with Gasteiger partial charge in [-0.15, -0.1) is 6.42 Å². The van der Waals surface area contributed by atoms with Crippen LogP contribution < -0.4 is 0 Å². The van der Waals surface area contributed by atoms with Gasteiger partial charge in [0.2, 0.25) is 0 Å². The summed E-state index contributed by atoms with van der Waals surface area (Å²) < 4.78 is 0. The molecule has 1 aliphatic rings. The van der Waals surface area contributed by atoms with E-state index in [-0.39, 0.29) is 5.41 Å². The first kappa shape index (κ1) is 15.1. The Kier molecular flexibility index (Phi) is 3.30. The second-order valence-corrected chi connectivity index (χ2v) is 7.20. The Labute approximate surface area is 148 Å². The number of hydrogen-bond acceptors (Lipinski definition) is 0. The minimum absolute atomic E-state index is 0.0216. The highest BCUT2D eigenvalue weighted by Crippen LogP contribution is 2.49. The normalized spacial score (nSPS) is 13.9. The van der Waals surface area contributed by atoms with Gasteiger partial charge >= 0.3 is 0 Å². The van der Waals surface area contributed by atoms with Gasteiger partial charge in [-0.3, -0.25) is 0 Å². The average molecular weight is 329 g/mol. The number of benzene rings is 3. The van der Waals surface area contributed by atoms with Gasteiger partial charge in [-0.2, -0.15) is 0 Å². The van der Waals surface area contributed by atoms with Gasteiger partial charge in [0, 0.05) is 16.0 Å². The first-order valence-corrected chi connectivity index (χ1v) is 8.41. The molecule has 0 saturated carbocycles. The Balaban J connectivity index is 1.97. The molecule has 0 spiro atoms. The van der Waals surface area contributed by atoms with E-state index in [4.69, 9.17) is 18.0 Å². The smallest absolute Gasteiger partial charge is 0.0413 e. The molecule has 24 heavy (non-hydrogen) atoms.